The van der Waals surface area contributed by atoms with Gasteiger partial charge in [-0.05, 0) is 37.3 Å². The molecule has 2 rings (SSSR count). The molecule has 1 aromatic carbocycles. The number of allylic oxidation sites excluding steroid dienone is 1. The molecule has 1 aromatic heterocycles. The number of aromatic nitrogens is 2. The number of hydrogen-bond acceptors (Lipinski definition) is 6. The van der Waals surface area contributed by atoms with Gasteiger partial charge in [-0.2, -0.15) is 10.4 Å². The van der Waals surface area contributed by atoms with Crippen molar-refractivity contribution in [2.24, 2.45) is 0 Å². The second-order valence-electron chi connectivity index (χ2n) is 8.21. The molecule has 0 bridgehead atoms. The van der Waals surface area contributed by atoms with Crippen molar-refractivity contribution in [3.05, 3.63) is 52.3 Å². The van der Waals surface area contributed by atoms with Gasteiger partial charge in [-0.25, -0.2) is 4.79 Å². The first kappa shape index (κ1) is 25.3. The fourth-order valence-electron chi connectivity index (χ4n) is 3.13. The number of halogens is 1. The normalized spacial score (nSPS) is 12.1. The summed E-state index contributed by atoms with van der Waals surface area (Å²) in [5, 5.41) is 14.6. The van der Waals surface area contributed by atoms with E-state index in [1.54, 1.807) is 4.68 Å². The molecule has 0 aliphatic rings. The first-order valence-electron chi connectivity index (χ1n) is 10.4. The van der Waals surface area contributed by atoms with E-state index in [0.717, 1.165) is 16.8 Å². The van der Waals surface area contributed by atoms with Gasteiger partial charge in [-0.1, -0.05) is 45.0 Å². The van der Waals surface area contributed by atoms with Crippen molar-refractivity contribution in [3.63, 3.8) is 0 Å². The van der Waals surface area contributed by atoms with E-state index in [1.807, 2.05) is 45.0 Å². The fraction of sp³-hybridized carbons (Fsp3) is 0.458. The molecule has 0 amide bonds. The summed E-state index contributed by atoms with van der Waals surface area (Å²) in [5.41, 5.74) is 4.52. The van der Waals surface area contributed by atoms with Crippen LogP contribution in [0.1, 0.15) is 55.8 Å². The van der Waals surface area contributed by atoms with Crippen LogP contribution in [0.25, 0.3) is 11.3 Å². The Morgan fingerprint density at radius 2 is 1.81 bits per heavy atom. The van der Waals surface area contributed by atoms with Crippen LogP contribution >= 0.6 is 11.6 Å². The van der Waals surface area contributed by atoms with Crippen LogP contribution < -0.4 is 0 Å². The van der Waals surface area contributed by atoms with Crippen LogP contribution in [0.4, 0.5) is 4.79 Å². The molecule has 0 spiro atoms. The average Bonchev–Trinajstić information content (AvgIpc) is 3.04. The topological polar surface area (TPSA) is 86.4 Å². The van der Waals surface area contributed by atoms with Crippen molar-refractivity contribution in [2.45, 2.75) is 53.5 Å². The third-order valence-corrected chi connectivity index (χ3v) is 5.15. The Bertz CT molecular complexity index is 1010. The largest absolute Gasteiger partial charge is 0.511 e. The molecule has 0 unspecified atom stereocenters. The molecule has 0 aliphatic heterocycles. The second-order valence-corrected chi connectivity index (χ2v) is 8.59. The molecule has 0 N–H and O–H groups in total. The second kappa shape index (κ2) is 11.1. The number of nitrogens with zero attached hydrogens (tertiary/aromatic N) is 3. The Labute approximate surface area is 194 Å². The molecule has 1 heterocycles. The summed E-state index contributed by atoms with van der Waals surface area (Å²) in [4.78, 5) is 11.7. The van der Waals surface area contributed by atoms with Gasteiger partial charge in [0.2, 0.25) is 6.79 Å². The van der Waals surface area contributed by atoms with Gasteiger partial charge in [0.05, 0.1) is 11.6 Å². The maximum absolute atomic E-state index is 11.7. The van der Waals surface area contributed by atoms with Gasteiger partial charge in [0.15, 0.2) is 5.76 Å². The monoisotopic (exact) mass is 459 g/mol. The summed E-state index contributed by atoms with van der Waals surface area (Å²) in [6.45, 7) is 12.4. The molecule has 0 atom stereocenters. The van der Waals surface area contributed by atoms with E-state index in [1.165, 1.54) is 0 Å². The third-order valence-electron chi connectivity index (χ3n) is 5.00. The van der Waals surface area contributed by atoms with Gasteiger partial charge < -0.3 is 14.2 Å². The van der Waals surface area contributed by atoms with E-state index in [9.17, 15) is 10.1 Å². The molecule has 0 radical (unpaired) electrons. The number of rotatable bonds is 8. The summed E-state index contributed by atoms with van der Waals surface area (Å²) < 4.78 is 17.4. The van der Waals surface area contributed by atoms with Gasteiger partial charge >= 0.3 is 6.16 Å². The molecular weight excluding hydrogens is 430 g/mol. The maximum Gasteiger partial charge on any atom is 0.511 e. The Morgan fingerprint density at radius 3 is 2.34 bits per heavy atom. The molecular formula is C24H30ClN3O4. The van der Waals surface area contributed by atoms with E-state index in [2.05, 4.69) is 31.9 Å². The summed E-state index contributed by atoms with van der Waals surface area (Å²) in [7, 11) is 0. The van der Waals surface area contributed by atoms with Crippen LogP contribution in [0.3, 0.4) is 0 Å². The third kappa shape index (κ3) is 6.04. The van der Waals surface area contributed by atoms with Gasteiger partial charge in [0.25, 0.3) is 0 Å². The van der Waals surface area contributed by atoms with Crippen LogP contribution in [0.5, 0.6) is 0 Å². The zero-order valence-electron chi connectivity index (χ0n) is 19.5. The number of aryl methyl sites for hydroxylation is 2. The summed E-state index contributed by atoms with van der Waals surface area (Å²) in [6.07, 6.45) is -0.894. The molecule has 0 saturated heterocycles. The van der Waals surface area contributed by atoms with E-state index >= 15 is 0 Å². The number of carbonyl (C=O) groups is 1. The average molecular weight is 460 g/mol. The predicted molar refractivity (Wildman–Crippen MR) is 124 cm³/mol. The van der Waals surface area contributed by atoms with E-state index in [-0.39, 0.29) is 17.9 Å². The lowest BCUT2D eigenvalue weighted by Gasteiger charge is -2.19. The Hall–Kier alpha value is -2.98. The Balaban J connectivity index is 2.51. The molecule has 0 saturated carbocycles. The highest BCUT2D eigenvalue weighted by Crippen LogP contribution is 2.32. The smallest absolute Gasteiger partial charge is 0.454 e. The number of ether oxygens (including phenoxy) is 3. The van der Waals surface area contributed by atoms with Crippen LogP contribution in [-0.2, 0) is 26.2 Å². The Morgan fingerprint density at radius 1 is 1.16 bits per heavy atom. The minimum absolute atomic E-state index is 0.0137. The van der Waals surface area contributed by atoms with Crippen LogP contribution in [0.2, 0.25) is 0 Å². The van der Waals surface area contributed by atoms with Gasteiger partial charge in [0.1, 0.15) is 23.9 Å². The lowest BCUT2D eigenvalue weighted by Crippen LogP contribution is -2.14. The van der Waals surface area contributed by atoms with Crippen LogP contribution in [0, 0.1) is 25.2 Å². The molecule has 0 aliphatic carbocycles. The molecule has 0 fully saturated rings. The molecule has 2 aromatic rings. The molecule has 8 heteroatoms. The predicted octanol–water partition coefficient (Wildman–Crippen LogP) is 5.58. The fourth-order valence-corrected chi connectivity index (χ4v) is 3.21. The number of hydrogen-bond donors (Lipinski definition) is 0. The van der Waals surface area contributed by atoms with Crippen molar-refractivity contribution in [1.29, 1.82) is 5.26 Å². The summed E-state index contributed by atoms with van der Waals surface area (Å²) in [6, 6.07) is 10.1. The lowest BCUT2D eigenvalue weighted by molar-refractivity contribution is -0.00347. The summed E-state index contributed by atoms with van der Waals surface area (Å²) in [5.74, 6) is 0.458. The first-order chi connectivity index (χ1) is 15.1. The minimum atomic E-state index is -0.894. The van der Waals surface area contributed by atoms with Gasteiger partial charge in [0, 0.05) is 12.1 Å². The molecule has 7 nitrogen and oxygen atoms in total. The molecule has 172 valence electrons. The highest BCUT2D eigenvalue weighted by atomic mass is 35.5. The van der Waals surface area contributed by atoms with E-state index in [0.29, 0.717) is 29.1 Å². The number of alkyl halides is 1. The number of nitriles is 1. The molecule has 32 heavy (non-hydrogen) atoms. The number of benzene rings is 1. The maximum atomic E-state index is 11.7. The zero-order valence-corrected chi connectivity index (χ0v) is 20.2. The quantitative estimate of drug-likeness (QED) is 0.168. The van der Waals surface area contributed by atoms with E-state index < -0.39 is 12.9 Å². The highest BCUT2D eigenvalue weighted by molar-refractivity contribution is 6.18. The van der Waals surface area contributed by atoms with Crippen molar-refractivity contribution >= 4 is 29.1 Å². The SMILES string of the molecule is CCn1nc(C)c(C)c1/C(OCOC(=O)OCCCl)=C(\C#N)c1ccc(C(C)(C)C)cc1. The van der Waals surface area contributed by atoms with E-state index in [4.69, 9.17) is 25.8 Å². The minimum Gasteiger partial charge on any atom is -0.454 e. The van der Waals surface area contributed by atoms with Gasteiger partial charge in [-0.3, -0.25) is 4.68 Å². The van der Waals surface area contributed by atoms with Crippen molar-refractivity contribution in [1.82, 2.24) is 9.78 Å². The first-order valence-corrected chi connectivity index (χ1v) is 10.9. The van der Waals surface area contributed by atoms with Crippen molar-refractivity contribution in [2.75, 3.05) is 19.3 Å². The zero-order chi connectivity index (χ0) is 23.9. The van der Waals surface area contributed by atoms with Gasteiger partial charge in [-0.15, -0.1) is 11.6 Å². The lowest BCUT2D eigenvalue weighted by atomic mass is 9.86. The summed E-state index contributed by atoms with van der Waals surface area (Å²) >= 11 is 5.51. The van der Waals surface area contributed by atoms with Crippen molar-refractivity contribution < 1.29 is 19.0 Å². The Kier molecular flexibility index (Phi) is 8.73. The van der Waals surface area contributed by atoms with Crippen molar-refractivity contribution in [3.8, 4) is 6.07 Å². The standard InChI is InChI=1S/C24H30ClN3O4/c1-7-28-21(16(2)17(3)27-28)22(31-15-32-23(29)30-13-12-25)20(14-26)18-8-10-19(11-9-18)24(4,5)6/h8-11H,7,12-13,15H2,1-6H3/b22-20-. The highest BCUT2D eigenvalue weighted by Gasteiger charge is 2.23. The van der Waals surface area contributed by atoms with Crippen LogP contribution in [-0.4, -0.2) is 35.2 Å². The van der Waals surface area contributed by atoms with Crippen LogP contribution in [0.15, 0.2) is 24.3 Å². The number of carbonyl (C=O) groups excluding carboxylic acids is 1.